The second-order valence-electron chi connectivity index (χ2n) is 4.17. The predicted molar refractivity (Wildman–Crippen MR) is 77.5 cm³/mol. The summed E-state index contributed by atoms with van der Waals surface area (Å²) in [6, 6.07) is 0. The molecular formula is C12H29BO8. The molecule has 0 aromatic rings. The van der Waals surface area contributed by atoms with Crippen LogP contribution in [0.2, 0.25) is 0 Å². The van der Waals surface area contributed by atoms with Gasteiger partial charge in [0.2, 0.25) is 0 Å². The van der Waals surface area contributed by atoms with Gasteiger partial charge in [-0.3, -0.25) is 0 Å². The fourth-order valence-corrected chi connectivity index (χ4v) is 1.25. The monoisotopic (exact) mass is 312 g/mol. The second kappa shape index (κ2) is 19.7. The lowest BCUT2D eigenvalue weighted by atomic mass is 10.2. The maximum Gasteiger partial charge on any atom is 0.631 e. The van der Waals surface area contributed by atoms with Crippen molar-refractivity contribution in [3.05, 3.63) is 0 Å². The summed E-state index contributed by atoms with van der Waals surface area (Å²) in [5.74, 6) is 0. The third-order valence-electron chi connectivity index (χ3n) is 2.18. The lowest BCUT2D eigenvalue weighted by molar-refractivity contribution is -0.0143. The van der Waals surface area contributed by atoms with Gasteiger partial charge in [-0.1, -0.05) is 19.8 Å². The number of hydrogen-bond donors (Lipinski definition) is 5. The van der Waals surface area contributed by atoms with Crippen LogP contribution in [-0.4, -0.2) is 85.0 Å². The molecule has 1 atom stereocenters. The zero-order valence-corrected chi connectivity index (χ0v) is 12.7. The van der Waals surface area contributed by atoms with Gasteiger partial charge >= 0.3 is 7.32 Å². The molecule has 0 aliphatic heterocycles. The molecule has 128 valence electrons. The van der Waals surface area contributed by atoms with Crippen molar-refractivity contribution in [2.24, 2.45) is 0 Å². The molecule has 0 spiro atoms. The van der Waals surface area contributed by atoms with Crippen molar-refractivity contribution >= 4 is 7.32 Å². The van der Waals surface area contributed by atoms with E-state index in [0.717, 1.165) is 19.3 Å². The number of aliphatic hydroxyl groups is 2. The van der Waals surface area contributed by atoms with Crippen LogP contribution in [0.15, 0.2) is 0 Å². The van der Waals surface area contributed by atoms with Crippen molar-refractivity contribution in [2.45, 2.75) is 32.3 Å². The van der Waals surface area contributed by atoms with E-state index >= 15 is 0 Å². The second-order valence-corrected chi connectivity index (χ2v) is 4.17. The summed E-state index contributed by atoms with van der Waals surface area (Å²) in [6.45, 7) is 4.85. The van der Waals surface area contributed by atoms with Crippen molar-refractivity contribution < 1.29 is 39.5 Å². The Kier molecular flexibility index (Phi) is 21.6. The molecule has 0 radical (unpaired) electrons. The smallest absolute Gasteiger partial charge is 0.402 e. The van der Waals surface area contributed by atoms with E-state index in [4.69, 9.17) is 34.4 Å². The van der Waals surface area contributed by atoms with Crippen LogP contribution in [0, 0.1) is 0 Å². The Morgan fingerprint density at radius 2 is 1.38 bits per heavy atom. The summed E-state index contributed by atoms with van der Waals surface area (Å²) in [4.78, 5) is 0. The van der Waals surface area contributed by atoms with Gasteiger partial charge in [-0.25, -0.2) is 0 Å². The summed E-state index contributed by atoms with van der Waals surface area (Å²) >= 11 is 0. The molecule has 0 fully saturated rings. The van der Waals surface area contributed by atoms with Crippen LogP contribution in [0.3, 0.4) is 0 Å². The summed E-state index contributed by atoms with van der Waals surface area (Å²) in [5, 5.41) is 39.4. The van der Waals surface area contributed by atoms with Crippen molar-refractivity contribution in [2.75, 3.05) is 46.2 Å². The Morgan fingerprint density at radius 1 is 0.905 bits per heavy atom. The first-order chi connectivity index (χ1) is 10.0. The van der Waals surface area contributed by atoms with Gasteiger partial charge in [0.25, 0.3) is 0 Å². The third-order valence-corrected chi connectivity index (χ3v) is 2.18. The highest BCUT2D eigenvalue weighted by Gasteiger charge is 2.02. The largest absolute Gasteiger partial charge is 0.631 e. The third kappa shape index (κ3) is 28.6. The minimum atomic E-state index is -2.17. The molecule has 0 aromatic heterocycles. The van der Waals surface area contributed by atoms with Gasteiger partial charge < -0.3 is 39.5 Å². The van der Waals surface area contributed by atoms with Crippen LogP contribution in [0.1, 0.15) is 26.2 Å². The van der Waals surface area contributed by atoms with E-state index in [1.54, 1.807) is 0 Å². The van der Waals surface area contributed by atoms with E-state index in [9.17, 15) is 5.11 Å². The topological polar surface area (TPSA) is 129 Å². The Hall–Kier alpha value is -0.255. The molecule has 21 heavy (non-hydrogen) atoms. The normalized spacial score (nSPS) is 11.7. The number of hydrogen-bond acceptors (Lipinski definition) is 8. The molecule has 1 unspecified atom stereocenters. The fourth-order valence-electron chi connectivity index (χ4n) is 1.25. The zero-order valence-electron chi connectivity index (χ0n) is 12.7. The Morgan fingerprint density at radius 3 is 1.86 bits per heavy atom. The van der Waals surface area contributed by atoms with E-state index in [0.29, 0.717) is 39.6 Å². The van der Waals surface area contributed by atoms with Gasteiger partial charge in [0.1, 0.15) is 0 Å². The van der Waals surface area contributed by atoms with E-state index in [-0.39, 0.29) is 12.7 Å². The lowest BCUT2D eigenvalue weighted by Gasteiger charge is -2.10. The van der Waals surface area contributed by atoms with Gasteiger partial charge in [0, 0.05) is 0 Å². The van der Waals surface area contributed by atoms with Gasteiger partial charge in [0.15, 0.2) is 0 Å². The van der Waals surface area contributed by atoms with E-state index in [2.05, 4.69) is 6.92 Å². The summed E-state index contributed by atoms with van der Waals surface area (Å²) in [6.07, 6.45) is 2.56. The molecule has 5 N–H and O–H groups in total. The van der Waals surface area contributed by atoms with Gasteiger partial charge in [-0.15, -0.1) is 0 Å². The highest BCUT2D eigenvalue weighted by molar-refractivity contribution is 6.30. The van der Waals surface area contributed by atoms with Crippen molar-refractivity contribution in [1.82, 2.24) is 0 Å². The quantitative estimate of drug-likeness (QED) is 0.206. The molecule has 0 aliphatic carbocycles. The van der Waals surface area contributed by atoms with Crippen LogP contribution in [0.25, 0.3) is 0 Å². The van der Waals surface area contributed by atoms with Gasteiger partial charge in [0.05, 0.1) is 52.4 Å². The molecule has 9 heteroatoms. The molecule has 0 aromatic carbocycles. The van der Waals surface area contributed by atoms with Crippen LogP contribution in [0.5, 0.6) is 0 Å². The molecule has 0 aliphatic rings. The number of rotatable bonds is 13. The summed E-state index contributed by atoms with van der Waals surface area (Å²) < 4.78 is 15.5. The molecule has 0 amide bonds. The van der Waals surface area contributed by atoms with Gasteiger partial charge in [-0.2, -0.15) is 0 Å². The minimum absolute atomic E-state index is 0.0404. The molecule has 0 saturated carbocycles. The van der Waals surface area contributed by atoms with Crippen molar-refractivity contribution in [3.8, 4) is 0 Å². The summed E-state index contributed by atoms with van der Waals surface area (Å²) in [5.41, 5.74) is 0. The van der Waals surface area contributed by atoms with Crippen LogP contribution in [0.4, 0.5) is 0 Å². The summed E-state index contributed by atoms with van der Waals surface area (Å²) in [7, 11) is -2.17. The van der Waals surface area contributed by atoms with E-state index in [1.807, 2.05) is 0 Å². The average Bonchev–Trinajstić information content (AvgIpc) is 2.42. The van der Waals surface area contributed by atoms with Gasteiger partial charge in [-0.05, 0) is 6.42 Å². The van der Waals surface area contributed by atoms with Crippen LogP contribution >= 0.6 is 0 Å². The molecule has 0 saturated heterocycles. The van der Waals surface area contributed by atoms with Crippen LogP contribution in [-0.2, 0) is 14.2 Å². The average molecular weight is 312 g/mol. The number of aliphatic hydroxyl groups excluding tert-OH is 2. The van der Waals surface area contributed by atoms with E-state index < -0.39 is 7.32 Å². The predicted octanol–water partition coefficient (Wildman–Crippen LogP) is -1.47. The SMILES string of the molecule is CCCCC(O)COCCOCCOCCO.OB(O)O. The minimum Gasteiger partial charge on any atom is -0.402 e. The zero-order chi connectivity index (χ0) is 16.3. The van der Waals surface area contributed by atoms with E-state index in [1.165, 1.54) is 0 Å². The fraction of sp³-hybridized carbons (Fsp3) is 1.00. The maximum absolute atomic E-state index is 9.47. The molecule has 8 nitrogen and oxygen atoms in total. The number of ether oxygens (including phenoxy) is 3. The molecule has 0 heterocycles. The maximum atomic E-state index is 9.47. The van der Waals surface area contributed by atoms with Crippen LogP contribution < -0.4 is 0 Å². The standard InChI is InChI=1S/C12H26O5.BH3O3/c1-2-3-4-12(14)11-17-10-9-16-8-7-15-6-5-13;2-1(3)4/h12-14H,2-11H2,1H3;2-4H. The highest BCUT2D eigenvalue weighted by Crippen LogP contribution is 2.00. The van der Waals surface area contributed by atoms with Crippen molar-refractivity contribution in [1.29, 1.82) is 0 Å². The first-order valence-corrected chi connectivity index (χ1v) is 7.10. The molecule has 0 rings (SSSR count). The first kappa shape index (κ1) is 23.0. The molecule has 0 bridgehead atoms. The highest BCUT2D eigenvalue weighted by atomic mass is 16.5. The Balaban J connectivity index is 0. The lowest BCUT2D eigenvalue weighted by Crippen LogP contribution is -2.17. The Labute approximate surface area is 126 Å². The first-order valence-electron chi connectivity index (χ1n) is 7.10. The Bertz CT molecular complexity index is 182. The van der Waals surface area contributed by atoms with Crippen molar-refractivity contribution in [3.63, 3.8) is 0 Å². The number of unbranched alkanes of at least 4 members (excludes halogenated alkanes) is 1. The molecular weight excluding hydrogens is 283 g/mol.